The van der Waals surface area contributed by atoms with Crippen LogP contribution in [-0.4, -0.2) is 16.3 Å². The van der Waals surface area contributed by atoms with Gasteiger partial charge in [-0.1, -0.05) is 0 Å². The summed E-state index contributed by atoms with van der Waals surface area (Å²) in [5.74, 6) is 0. The highest BCUT2D eigenvalue weighted by atomic mass is 16.1. The maximum atomic E-state index is 10.5. The summed E-state index contributed by atoms with van der Waals surface area (Å²) in [5, 5.41) is 0.885. The molecule has 60 valence electrons. The zero-order valence-electron chi connectivity index (χ0n) is 6.66. The molecule has 0 spiro atoms. The van der Waals surface area contributed by atoms with Gasteiger partial charge in [-0.3, -0.25) is 9.78 Å². The molecule has 1 N–H and O–H groups in total. The van der Waals surface area contributed by atoms with Gasteiger partial charge in [0.2, 0.25) is 0 Å². The summed E-state index contributed by atoms with van der Waals surface area (Å²) in [7, 11) is 0. The number of fused-ring (bicyclic) bond motifs is 1. The van der Waals surface area contributed by atoms with E-state index in [0.29, 0.717) is 5.56 Å². The summed E-state index contributed by atoms with van der Waals surface area (Å²) in [4.78, 5) is 17.6. The maximum Gasteiger partial charge on any atom is 0.152 e. The first-order valence-corrected chi connectivity index (χ1v) is 3.70. The minimum atomic E-state index is 0.664. The van der Waals surface area contributed by atoms with Gasteiger partial charge in [0.1, 0.15) is 0 Å². The first-order valence-electron chi connectivity index (χ1n) is 3.70. The molecular weight excluding hydrogens is 152 g/mol. The van der Waals surface area contributed by atoms with Crippen molar-refractivity contribution < 1.29 is 4.79 Å². The third-order valence-electron chi connectivity index (χ3n) is 1.86. The largest absolute Gasteiger partial charge is 0.360 e. The average molecular weight is 160 g/mol. The monoisotopic (exact) mass is 160 g/mol. The molecule has 0 unspecified atom stereocenters. The fourth-order valence-electron chi connectivity index (χ4n) is 1.24. The number of aldehydes is 1. The Morgan fingerprint density at radius 2 is 2.42 bits per heavy atom. The zero-order chi connectivity index (χ0) is 8.55. The molecular formula is C9H8N2O. The maximum absolute atomic E-state index is 10.5. The van der Waals surface area contributed by atoms with Crippen molar-refractivity contribution >= 4 is 17.2 Å². The summed E-state index contributed by atoms with van der Waals surface area (Å²) in [6.45, 7) is 1.92. The number of carbonyl (C=O) groups is 1. The standard InChI is InChI=1S/C9H8N2O/c1-6-2-9-8(4-10-6)7(5-12)3-11-9/h2-5,11H,1H3. The Labute approximate surface area is 69.4 Å². The lowest BCUT2D eigenvalue weighted by Crippen LogP contribution is -1.80. The zero-order valence-corrected chi connectivity index (χ0v) is 6.66. The van der Waals surface area contributed by atoms with Crippen LogP contribution in [0.25, 0.3) is 10.9 Å². The van der Waals surface area contributed by atoms with Crippen LogP contribution in [0, 0.1) is 6.92 Å². The number of nitrogens with one attached hydrogen (secondary N) is 1. The van der Waals surface area contributed by atoms with Crippen molar-refractivity contribution in [2.75, 3.05) is 0 Å². The molecule has 0 aliphatic carbocycles. The number of hydrogen-bond donors (Lipinski definition) is 1. The van der Waals surface area contributed by atoms with Crippen LogP contribution in [0.2, 0.25) is 0 Å². The minimum absolute atomic E-state index is 0.664. The Morgan fingerprint density at radius 1 is 1.58 bits per heavy atom. The van der Waals surface area contributed by atoms with E-state index in [2.05, 4.69) is 9.97 Å². The molecule has 0 aliphatic rings. The van der Waals surface area contributed by atoms with Crippen LogP contribution in [0.3, 0.4) is 0 Å². The molecule has 2 aromatic rings. The lowest BCUT2D eigenvalue weighted by Gasteiger charge is -1.91. The third-order valence-corrected chi connectivity index (χ3v) is 1.86. The Kier molecular flexibility index (Phi) is 1.43. The lowest BCUT2D eigenvalue weighted by molar-refractivity contribution is 0.112. The van der Waals surface area contributed by atoms with Crippen molar-refractivity contribution in [3.05, 3.63) is 29.7 Å². The molecule has 0 atom stereocenters. The first kappa shape index (κ1) is 7.03. The van der Waals surface area contributed by atoms with Crippen molar-refractivity contribution in [3.63, 3.8) is 0 Å². The molecule has 2 aromatic heterocycles. The number of aryl methyl sites for hydroxylation is 1. The third kappa shape index (κ3) is 0.906. The summed E-state index contributed by atoms with van der Waals surface area (Å²) < 4.78 is 0. The van der Waals surface area contributed by atoms with E-state index in [1.54, 1.807) is 12.4 Å². The van der Waals surface area contributed by atoms with E-state index in [4.69, 9.17) is 0 Å². The van der Waals surface area contributed by atoms with Crippen LogP contribution >= 0.6 is 0 Å². The Bertz CT molecular complexity index is 431. The number of carbonyl (C=O) groups excluding carboxylic acids is 1. The molecule has 3 heteroatoms. The van der Waals surface area contributed by atoms with Gasteiger partial charge in [0, 0.05) is 34.6 Å². The number of pyridine rings is 1. The van der Waals surface area contributed by atoms with Gasteiger partial charge in [-0.2, -0.15) is 0 Å². The van der Waals surface area contributed by atoms with E-state index in [9.17, 15) is 4.79 Å². The number of H-pyrrole nitrogens is 1. The molecule has 0 amide bonds. The first-order chi connectivity index (χ1) is 5.81. The van der Waals surface area contributed by atoms with E-state index in [-0.39, 0.29) is 0 Å². The van der Waals surface area contributed by atoms with Crippen molar-refractivity contribution in [2.24, 2.45) is 0 Å². The van der Waals surface area contributed by atoms with E-state index >= 15 is 0 Å². The molecule has 0 aromatic carbocycles. The number of nitrogens with zero attached hydrogens (tertiary/aromatic N) is 1. The number of aromatic amines is 1. The van der Waals surface area contributed by atoms with Crippen molar-refractivity contribution in [1.29, 1.82) is 0 Å². The summed E-state index contributed by atoms with van der Waals surface area (Å²) >= 11 is 0. The molecule has 0 radical (unpaired) electrons. The Hall–Kier alpha value is -1.64. The second-order valence-corrected chi connectivity index (χ2v) is 2.73. The molecule has 0 fully saturated rings. The lowest BCUT2D eigenvalue weighted by atomic mass is 10.2. The van der Waals surface area contributed by atoms with Crippen LogP contribution < -0.4 is 0 Å². The number of aromatic nitrogens is 2. The Morgan fingerprint density at radius 3 is 3.17 bits per heavy atom. The number of hydrogen-bond acceptors (Lipinski definition) is 2. The predicted octanol–water partition coefficient (Wildman–Crippen LogP) is 1.68. The summed E-state index contributed by atoms with van der Waals surface area (Å²) in [5.41, 5.74) is 2.57. The molecule has 2 heterocycles. The minimum Gasteiger partial charge on any atom is -0.360 e. The second kappa shape index (κ2) is 2.44. The molecule has 0 aliphatic heterocycles. The SMILES string of the molecule is Cc1cc2[nH]cc(C=O)c2cn1. The van der Waals surface area contributed by atoms with Crippen LogP contribution in [0.15, 0.2) is 18.5 Å². The summed E-state index contributed by atoms with van der Waals surface area (Å²) in [6, 6.07) is 1.92. The molecule has 0 bridgehead atoms. The molecule has 0 saturated carbocycles. The van der Waals surface area contributed by atoms with Crippen LogP contribution in [0.5, 0.6) is 0 Å². The molecule has 12 heavy (non-hydrogen) atoms. The highest BCUT2D eigenvalue weighted by molar-refractivity contribution is 5.96. The van der Waals surface area contributed by atoms with E-state index in [0.717, 1.165) is 22.9 Å². The van der Waals surface area contributed by atoms with Gasteiger partial charge in [-0.25, -0.2) is 0 Å². The van der Waals surface area contributed by atoms with Gasteiger partial charge in [0.25, 0.3) is 0 Å². The second-order valence-electron chi connectivity index (χ2n) is 2.73. The fourth-order valence-corrected chi connectivity index (χ4v) is 1.24. The van der Waals surface area contributed by atoms with Gasteiger partial charge < -0.3 is 4.98 Å². The average Bonchev–Trinajstić information content (AvgIpc) is 2.46. The van der Waals surface area contributed by atoms with E-state index in [1.165, 1.54) is 0 Å². The predicted molar refractivity (Wildman–Crippen MR) is 46.2 cm³/mol. The van der Waals surface area contributed by atoms with Gasteiger partial charge in [0.15, 0.2) is 6.29 Å². The molecule has 2 rings (SSSR count). The summed E-state index contributed by atoms with van der Waals surface area (Å²) in [6.07, 6.45) is 4.24. The fraction of sp³-hybridized carbons (Fsp3) is 0.111. The smallest absolute Gasteiger partial charge is 0.152 e. The van der Waals surface area contributed by atoms with Gasteiger partial charge in [-0.05, 0) is 13.0 Å². The van der Waals surface area contributed by atoms with Crippen LogP contribution in [0.4, 0.5) is 0 Å². The van der Waals surface area contributed by atoms with Crippen molar-refractivity contribution in [2.45, 2.75) is 6.92 Å². The van der Waals surface area contributed by atoms with Crippen LogP contribution in [0.1, 0.15) is 16.1 Å². The van der Waals surface area contributed by atoms with E-state index in [1.807, 2.05) is 13.0 Å². The van der Waals surface area contributed by atoms with Gasteiger partial charge >= 0.3 is 0 Å². The van der Waals surface area contributed by atoms with Gasteiger partial charge in [0.05, 0.1) is 0 Å². The highest BCUT2D eigenvalue weighted by Gasteiger charge is 2.01. The van der Waals surface area contributed by atoms with Crippen molar-refractivity contribution in [1.82, 2.24) is 9.97 Å². The van der Waals surface area contributed by atoms with E-state index < -0.39 is 0 Å². The van der Waals surface area contributed by atoms with Crippen LogP contribution in [-0.2, 0) is 0 Å². The highest BCUT2D eigenvalue weighted by Crippen LogP contribution is 2.15. The normalized spacial score (nSPS) is 10.4. The topological polar surface area (TPSA) is 45.8 Å². The quantitative estimate of drug-likeness (QED) is 0.645. The number of rotatable bonds is 1. The van der Waals surface area contributed by atoms with Crippen molar-refractivity contribution in [3.8, 4) is 0 Å². The molecule has 0 saturated heterocycles. The molecule has 3 nitrogen and oxygen atoms in total. The Balaban J connectivity index is 2.81. The van der Waals surface area contributed by atoms with Gasteiger partial charge in [-0.15, -0.1) is 0 Å².